The molecule has 0 spiro atoms. The van der Waals surface area contributed by atoms with Gasteiger partial charge in [0, 0.05) is 15.6 Å². The number of halogens is 1. The summed E-state index contributed by atoms with van der Waals surface area (Å²) < 4.78 is 3.15. The lowest BCUT2D eigenvalue weighted by Gasteiger charge is -2.19. The maximum atomic E-state index is 6.34. The molecule has 21 heavy (non-hydrogen) atoms. The number of hydrogen-bond acceptors (Lipinski definition) is 4. The second-order valence-electron chi connectivity index (χ2n) is 5.20. The minimum absolute atomic E-state index is 0.167. The summed E-state index contributed by atoms with van der Waals surface area (Å²) in [7, 11) is 0. The highest BCUT2D eigenvalue weighted by molar-refractivity contribution is 7.19. The molecule has 0 radical (unpaired) electrons. The van der Waals surface area contributed by atoms with Gasteiger partial charge in [-0.15, -0.1) is 11.3 Å². The number of fused-ring (bicyclic) bond motifs is 1. The normalized spacial score (nSPS) is 13.2. The predicted molar refractivity (Wildman–Crippen MR) is 88.6 cm³/mol. The number of hydrogen-bond donors (Lipinski definition) is 2. The lowest BCUT2D eigenvalue weighted by Crippen LogP contribution is -2.30. The molecule has 1 atom stereocenters. The average Bonchev–Trinajstić information content (AvgIpc) is 3.04. The Kier molecular flexibility index (Phi) is 3.99. The van der Waals surface area contributed by atoms with Crippen molar-refractivity contribution in [2.75, 3.05) is 0 Å². The molecule has 1 unspecified atom stereocenters. The molecule has 0 saturated carbocycles. The van der Waals surface area contributed by atoms with E-state index < -0.39 is 0 Å². The van der Waals surface area contributed by atoms with Gasteiger partial charge in [0.25, 0.3) is 0 Å². The van der Waals surface area contributed by atoms with Crippen LogP contribution in [-0.2, 0) is 0 Å². The molecule has 2 heterocycles. The third-order valence-electron chi connectivity index (χ3n) is 3.45. The average molecular weight is 321 g/mol. The van der Waals surface area contributed by atoms with E-state index >= 15 is 0 Å². The second-order valence-corrected chi connectivity index (χ2v) is 6.72. The fourth-order valence-corrected chi connectivity index (χ4v) is 3.84. The van der Waals surface area contributed by atoms with Crippen LogP contribution < -0.4 is 11.3 Å². The molecular weight excluding hydrogens is 304 g/mol. The van der Waals surface area contributed by atoms with Crippen molar-refractivity contribution < 1.29 is 0 Å². The first kappa shape index (κ1) is 14.5. The Balaban J connectivity index is 2.12. The lowest BCUT2D eigenvalue weighted by molar-refractivity contribution is 0.478. The monoisotopic (exact) mass is 320 g/mol. The fraction of sp³-hybridized carbons (Fsp3) is 0.267. The zero-order valence-electron chi connectivity index (χ0n) is 11.9. The van der Waals surface area contributed by atoms with Crippen LogP contribution in [0.15, 0.2) is 36.5 Å². The Hall–Kier alpha value is -1.40. The molecule has 1 aromatic carbocycles. The largest absolute Gasteiger partial charge is 0.270 e. The van der Waals surface area contributed by atoms with Crippen LogP contribution in [0, 0.1) is 0 Å². The van der Waals surface area contributed by atoms with Crippen LogP contribution in [0.2, 0.25) is 5.02 Å². The van der Waals surface area contributed by atoms with Crippen molar-refractivity contribution in [2.24, 2.45) is 5.84 Å². The third-order valence-corrected chi connectivity index (χ3v) is 4.92. The highest BCUT2D eigenvalue weighted by Crippen LogP contribution is 2.36. The van der Waals surface area contributed by atoms with Crippen molar-refractivity contribution in [3.63, 3.8) is 0 Å². The molecular formula is C15H17ClN4S. The summed E-state index contributed by atoms with van der Waals surface area (Å²) >= 11 is 8.05. The number of nitrogens with two attached hydrogens (primary N) is 1. The van der Waals surface area contributed by atoms with Gasteiger partial charge in [-0.25, -0.2) is 5.43 Å². The summed E-state index contributed by atoms with van der Waals surface area (Å²) in [5.41, 5.74) is 3.79. The summed E-state index contributed by atoms with van der Waals surface area (Å²) in [4.78, 5) is 1.13. The van der Waals surface area contributed by atoms with Crippen molar-refractivity contribution in [3.8, 4) is 0 Å². The molecule has 0 aliphatic heterocycles. The Morgan fingerprint density at radius 2 is 2.10 bits per heavy atom. The van der Waals surface area contributed by atoms with Gasteiger partial charge in [-0.2, -0.15) is 5.10 Å². The molecule has 0 amide bonds. The fourth-order valence-electron chi connectivity index (χ4n) is 2.47. The summed E-state index contributed by atoms with van der Waals surface area (Å²) in [5.74, 6) is 5.81. The number of thiophene rings is 1. The van der Waals surface area contributed by atoms with E-state index in [0.29, 0.717) is 5.02 Å². The van der Waals surface area contributed by atoms with Crippen molar-refractivity contribution in [1.82, 2.24) is 15.2 Å². The van der Waals surface area contributed by atoms with E-state index in [0.717, 1.165) is 10.6 Å². The van der Waals surface area contributed by atoms with Gasteiger partial charge >= 0.3 is 0 Å². The molecule has 110 valence electrons. The van der Waals surface area contributed by atoms with Gasteiger partial charge in [0.15, 0.2) is 0 Å². The van der Waals surface area contributed by atoms with Crippen molar-refractivity contribution in [2.45, 2.75) is 25.9 Å². The highest BCUT2D eigenvalue weighted by Gasteiger charge is 2.24. The maximum absolute atomic E-state index is 6.34. The molecule has 4 nitrogen and oxygen atoms in total. The van der Waals surface area contributed by atoms with Crippen LogP contribution in [0.1, 0.15) is 36.5 Å². The predicted octanol–water partition coefficient (Wildman–Crippen LogP) is 3.88. The van der Waals surface area contributed by atoms with Gasteiger partial charge < -0.3 is 0 Å². The molecule has 0 bridgehead atoms. The Morgan fingerprint density at radius 3 is 2.76 bits per heavy atom. The van der Waals surface area contributed by atoms with Crippen LogP contribution in [0.3, 0.4) is 0 Å². The zero-order valence-corrected chi connectivity index (χ0v) is 13.4. The van der Waals surface area contributed by atoms with Gasteiger partial charge in [0.05, 0.1) is 23.0 Å². The van der Waals surface area contributed by atoms with Crippen molar-refractivity contribution in [3.05, 3.63) is 52.1 Å². The van der Waals surface area contributed by atoms with Gasteiger partial charge in [-0.3, -0.25) is 10.5 Å². The minimum atomic E-state index is -0.167. The van der Waals surface area contributed by atoms with Gasteiger partial charge in [0.2, 0.25) is 0 Å². The van der Waals surface area contributed by atoms with Crippen LogP contribution in [0.5, 0.6) is 0 Å². The summed E-state index contributed by atoms with van der Waals surface area (Å²) in [5, 5.41) is 6.20. The number of nitrogens with zero attached hydrogens (tertiary/aromatic N) is 2. The standard InChI is InChI=1S/C15H17ClN4S/c1-9(2)20-15(11(16)8-18-20)14(19-17)13-7-10-5-3-4-6-12(10)21-13/h3-9,14,19H,17H2,1-2H3. The molecule has 0 aliphatic carbocycles. The summed E-state index contributed by atoms with van der Waals surface area (Å²) in [6.45, 7) is 4.15. The number of rotatable bonds is 4. The number of aromatic nitrogens is 2. The van der Waals surface area contributed by atoms with E-state index in [1.807, 2.05) is 16.8 Å². The summed E-state index contributed by atoms with van der Waals surface area (Å²) in [6, 6.07) is 10.5. The van der Waals surface area contributed by atoms with E-state index in [4.69, 9.17) is 17.4 Å². The quantitative estimate of drug-likeness (QED) is 0.566. The Labute approximate surface area is 132 Å². The van der Waals surface area contributed by atoms with E-state index in [-0.39, 0.29) is 12.1 Å². The first-order chi connectivity index (χ1) is 10.1. The summed E-state index contributed by atoms with van der Waals surface area (Å²) in [6.07, 6.45) is 1.68. The SMILES string of the molecule is CC(C)n1ncc(Cl)c1C(NN)c1cc2ccccc2s1. The van der Waals surface area contributed by atoms with Crippen LogP contribution in [0.25, 0.3) is 10.1 Å². The van der Waals surface area contributed by atoms with Gasteiger partial charge in [-0.1, -0.05) is 29.8 Å². The Morgan fingerprint density at radius 1 is 1.33 bits per heavy atom. The maximum Gasteiger partial charge on any atom is 0.0985 e. The topological polar surface area (TPSA) is 55.9 Å². The molecule has 3 rings (SSSR count). The molecule has 2 aromatic heterocycles. The van der Waals surface area contributed by atoms with Crippen LogP contribution in [0.4, 0.5) is 0 Å². The van der Waals surface area contributed by atoms with Gasteiger partial charge in [-0.05, 0) is 31.4 Å². The molecule has 3 aromatic rings. The van der Waals surface area contributed by atoms with E-state index in [1.165, 1.54) is 10.1 Å². The van der Waals surface area contributed by atoms with E-state index in [1.54, 1.807) is 17.5 Å². The highest BCUT2D eigenvalue weighted by atomic mass is 35.5. The second kappa shape index (κ2) is 5.77. The van der Waals surface area contributed by atoms with Crippen molar-refractivity contribution >= 4 is 33.0 Å². The minimum Gasteiger partial charge on any atom is -0.270 e. The first-order valence-electron chi connectivity index (χ1n) is 6.79. The van der Waals surface area contributed by atoms with E-state index in [2.05, 4.69) is 42.6 Å². The molecule has 0 fully saturated rings. The zero-order chi connectivity index (χ0) is 15.0. The van der Waals surface area contributed by atoms with Crippen LogP contribution >= 0.6 is 22.9 Å². The Bertz CT molecular complexity index is 729. The first-order valence-corrected chi connectivity index (χ1v) is 7.98. The third kappa shape index (κ3) is 2.58. The number of nitrogens with one attached hydrogen (secondary N) is 1. The molecule has 3 N–H and O–H groups in total. The van der Waals surface area contributed by atoms with E-state index in [9.17, 15) is 0 Å². The molecule has 6 heteroatoms. The number of benzene rings is 1. The van der Waals surface area contributed by atoms with Gasteiger partial charge in [0.1, 0.15) is 0 Å². The lowest BCUT2D eigenvalue weighted by atomic mass is 10.1. The van der Waals surface area contributed by atoms with Crippen LogP contribution in [-0.4, -0.2) is 9.78 Å². The van der Waals surface area contributed by atoms with Crippen molar-refractivity contribution in [1.29, 1.82) is 0 Å². The smallest absolute Gasteiger partial charge is 0.0985 e. The number of hydrazine groups is 1. The molecule has 0 saturated heterocycles. The molecule has 0 aliphatic rings.